The number of primary amides is 1. The summed E-state index contributed by atoms with van der Waals surface area (Å²) in [7, 11) is 0. The number of fused-ring (bicyclic) bond motifs is 1. The number of ether oxygens (including phenoxy) is 1. The van der Waals surface area contributed by atoms with Crippen molar-refractivity contribution in [3.05, 3.63) is 18.3 Å². The van der Waals surface area contributed by atoms with Crippen LogP contribution in [0.1, 0.15) is 0 Å². The van der Waals surface area contributed by atoms with Crippen LogP contribution in [0.25, 0.3) is 11.1 Å². The average molecular weight is 193 g/mol. The van der Waals surface area contributed by atoms with Crippen LogP contribution in [0.5, 0.6) is 5.95 Å². The van der Waals surface area contributed by atoms with Crippen LogP contribution < -0.4 is 16.2 Å². The lowest BCUT2D eigenvalue weighted by molar-refractivity contribution is 0.199. The molecule has 0 spiro atoms. The second-order valence-electron chi connectivity index (χ2n) is 2.58. The number of carbonyl (C=O) groups excluding carboxylic acids is 1. The molecule has 2 rings (SSSR count). The molecule has 0 saturated heterocycles. The zero-order chi connectivity index (χ0) is 10.1. The topological polar surface area (TPSA) is 104 Å². The molecule has 0 atom stereocenters. The summed E-state index contributed by atoms with van der Waals surface area (Å²) in [6.07, 6.45) is 0.565. The number of aromatic nitrogens is 1. The first-order valence-corrected chi connectivity index (χ1v) is 3.79. The minimum absolute atomic E-state index is 0.119. The number of rotatable bonds is 1. The van der Waals surface area contributed by atoms with Crippen molar-refractivity contribution in [2.45, 2.75) is 0 Å². The summed E-state index contributed by atoms with van der Waals surface area (Å²) in [4.78, 5) is 14.4. The van der Waals surface area contributed by atoms with Crippen LogP contribution >= 0.6 is 0 Å². The largest absolute Gasteiger partial charge is 0.412 e. The van der Waals surface area contributed by atoms with Crippen LogP contribution in [0.4, 0.5) is 10.5 Å². The van der Waals surface area contributed by atoms with E-state index in [0.29, 0.717) is 11.1 Å². The Morgan fingerprint density at radius 1 is 1.57 bits per heavy atom. The molecular weight excluding hydrogens is 186 g/mol. The molecule has 0 aliphatic heterocycles. The number of nitrogens with two attached hydrogens (primary N) is 2. The fourth-order valence-corrected chi connectivity index (χ4v) is 1.10. The van der Waals surface area contributed by atoms with E-state index in [0.717, 1.165) is 0 Å². The minimum Gasteiger partial charge on any atom is -0.405 e. The fraction of sp³-hybridized carbons (Fsp3) is 0. The smallest absolute Gasteiger partial charge is 0.405 e. The lowest BCUT2D eigenvalue weighted by Gasteiger charge is -1.94. The van der Waals surface area contributed by atoms with Crippen molar-refractivity contribution in [2.75, 3.05) is 5.73 Å². The Bertz CT molecular complexity index is 492. The molecule has 0 aliphatic carbocycles. The molecule has 14 heavy (non-hydrogen) atoms. The van der Waals surface area contributed by atoms with Crippen LogP contribution in [-0.2, 0) is 0 Å². The molecular formula is C8H7N3O3. The van der Waals surface area contributed by atoms with Gasteiger partial charge in [0.05, 0.1) is 5.39 Å². The van der Waals surface area contributed by atoms with Crippen molar-refractivity contribution >= 4 is 22.9 Å². The molecule has 0 radical (unpaired) electrons. The number of furan rings is 1. The Morgan fingerprint density at radius 2 is 2.36 bits per heavy atom. The van der Waals surface area contributed by atoms with E-state index >= 15 is 0 Å². The van der Waals surface area contributed by atoms with Gasteiger partial charge in [0.25, 0.3) is 0 Å². The third-order valence-corrected chi connectivity index (χ3v) is 1.66. The Labute approximate surface area is 78.4 Å². The SMILES string of the molecule is NC(=O)Oc1oc2ncccc2c1N. The lowest BCUT2D eigenvalue weighted by atomic mass is 10.3. The van der Waals surface area contributed by atoms with E-state index in [2.05, 4.69) is 9.72 Å². The van der Waals surface area contributed by atoms with E-state index in [1.165, 1.54) is 0 Å². The third-order valence-electron chi connectivity index (χ3n) is 1.66. The average Bonchev–Trinajstić information content (AvgIpc) is 2.44. The minimum atomic E-state index is -0.976. The van der Waals surface area contributed by atoms with E-state index in [4.69, 9.17) is 15.9 Å². The van der Waals surface area contributed by atoms with Gasteiger partial charge in [-0.15, -0.1) is 0 Å². The first-order chi connectivity index (χ1) is 6.68. The summed E-state index contributed by atoms with van der Waals surface area (Å²) in [6.45, 7) is 0. The molecule has 0 unspecified atom stereocenters. The number of amides is 1. The predicted molar refractivity (Wildman–Crippen MR) is 48.6 cm³/mol. The van der Waals surface area contributed by atoms with Crippen LogP contribution in [0, 0.1) is 0 Å². The lowest BCUT2D eigenvalue weighted by Crippen LogP contribution is -2.16. The molecule has 4 N–H and O–H groups in total. The number of nitrogen functional groups attached to an aromatic ring is 1. The summed E-state index contributed by atoms with van der Waals surface area (Å²) < 4.78 is 9.59. The molecule has 1 amide bonds. The van der Waals surface area contributed by atoms with Gasteiger partial charge >= 0.3 is 12.0 Å². The molecule has 2 aromatic rings. The standard InChI is InChI=1S/C8H7N3O3/c9-5-4-2-1-3-11-6(4)13-7(5)14-8(10)12/h1-3H,9H2,(H2,10,12). The van der Waals surface area contributed by atoms with E-state index in [9.17, 15) is 4.79 Å². The van der Waals surface area contributed by atoms with E-state index in [-0.39, 0.29) is 11.6 Å². The van der Waals surface area contributed by atoms with Crippen LogP contribution in [-0.4, -0.2) is 11.1 Å². The van der Waals surface area contributed by atoms with E-state index < -0.39 is 6.09 Å². The molecule has 0 saturated carbocycles. The highest BCUT2D eigenvalue weighted by Crippen LogP contribution is 2.32. The van der Waals surface area contributed by atoms with Crippen molar-refractivity contribution in [1.82, 2.24) is 4.98 Å². The Balaban J connectivity index is 2.57. The molecule has 6 nitrogen and oxygen atoms in total. The molecule has 2 aromatic heterocycles. The molecule has 0 aromatic carbocycles. The molecule has 2 heterocycles. The molecule has 0 fully saturated rings. The van der Waals surface area contributed by atoms with Crippen molar-refractivity contribution < 1.29 is 13.9 Å². The maximum atomic E-state index is 10.5. The van der Waals surface area contributed by atoms with Crippen LogP contribution in [0.2, 0.25) is 0 Å². The number of nitrogens with zero attached hydrogens (tertiary/aromatic N) is 1. The Kier molecular flexibility index (Phi) is 1.74. The highest BCUT2D eigenvalue weighted by molar-refractivity contribution is 5.91. The number of anilines is 1. The van der Waals surface area contributed by atoms with Gasteiger partial charge in [-0.25, -0.2) is 9.78 Å². The first kappa shape index (κ1) is 8.36. The normalized spacial score (nSPS) is 10.3. The second kappa shape index (κ2) is 2.91. The van der Waals surface area contributed by atoms with Gasteiger partial charge in [0.1, 0.15) is 5.69 Å². The molecule has 6 heteroatoms. The van der Waals surface area contributed by atoms with Crippen LogP contribution in [0.3, 0.4) is 0 Å². The summed E-state index contributed by atoms with van der Waals surface area (Å²) in [5.74, 6) is -0.119. The second-order valence-corrected chi connectivity index (χ2v) is 2.58. The summed E-state index contributed by atoms with van der Waals surface area (Å²) >= 11 is 0. The van der Waals surface area contributed by atoms with Crippen molar-refractivity contribution in [3.8, 4) is 5.95 Å². The van der Waals surface area contributed by atoms with Crippen LogP contribution in [0.15, 0.2) is 22.7 Å². The summed E-state index contributed by atoms with van der Waals surface area (Å²) in [5.41, 5.74) is 11.0. The highest BCUT2D eigenvalue weighted by Gasteiger charge is 2.14. The van der Waals surface area contributed by atoms with Gasteiger partial charge < -0.3 is 20.6 Å². The first-order valence-electron chi connectivity index (χ1n) is 3.79. The number of hydrogen-bond donors (Lipinski definition) is 2. The maximum Gasteiger partial charge on any atom is 0.412 e. The zero-order valence-electron chi connectivity index (χ0n) is 7.06. The summed E-state index contributed by atoms with van der Waals surface area (Å²) in [6, 6.07) is 3.40. The number of pyridine rings is 1. The summed E-state index contributed by atoms with van der Waals surface area (Å²) in [5, 5.41) is 0.587. The Hall–Kier alpha value is -2.24. The predicted octanol–water partition coefficient (Wildman–Crippen LogP) is 0.868. The van der Waals surface area contributed by atoms with Gasteiger partial charge in [-0.2, -0.15) is 0 Å². The molecule has 0 aliphatic rings. The van der Waals surface area contributed by atoms with Crippen molar-refractivity contribution in [3.63, 3.8) is 0 Å². The number of hydrogen-bond acceptors (Lipinski definition) is 5. The highest BCUT2D eigenvalue weighted by atomic mass is 16.6. The van der Waals surface area contributed by atoms with Gasteiger partial charge in [-0.05, 0) is 12.1 Å². The maximum absolute atomic E-state index is 10.5. The van der Waals surface area contributed by atoms with Gasteiger partial charge in [-0.1, -0.05) is 0 Å². The van der Waals surface area contributed by atoms with Gasteiger partial charge in [0.2, 0.25) is 5.71 Å². The number of carbonyl (C=O) groups is 1. The molecule has 72 valence electrons. The van der Waals surface area contributed by atoms with Gasteiger partial charge in [0, 0.05) is 6.20 Å². The third kappa shape index (κ3) is 1.22. The Morgan fingerprint density at radius 3 is 3.00 bits per heavy atom. The monoisotopic (exact) mass is 193 g/mol. The van der Waals surface area contributed by atoms with Gasteiger partial charge in [-0.3, -0.25) is 0 Å². The van der Waals surface area contributed by atoms with Crippen molar-refractivity contribution in [2.24, 2.45) is 5.73 Å². The van der Waals surface area contributed by atoms with Crippen molar-refractivity contribution in [1.29, 1.82) is 0 Å². The van der Waals surface area contributed by atoms with Gasteiger partial charge in [0.15, 0.2) is 0 Å². The van der Waals surface area contributed by atoms with E-state index in [1.807, 2.05) is 0 Å². The molecule has 0 bridgehead atoms. The zero-order valence-corrected chi connectivity index (χ0v) is 7.06. The van der Waals surface area contributed by atoms with E-state index in [1.54, 1.807) is 18.3 Å². The quantitative estimate of drug-likeness (QED) is 0.699. The fourth-order valence-electron chi connectivity index (χ4n) is 1.10.